The zero-order valence-electron chi connectivity index (χ0n) is 17.7. The summed E-state index contributed by atoms with van der Waals surface area (Å²) in [4.78, 5) is 24.1. The van der Waals surface area contributed by atoms with Crippen molar-refractivity contribution in [3.63, 3.8) is 0 Å². The summed E-state index contributed by atoms with van der Waals surface area (Å²) in [7, 11) is 0. The van der Waals surface area contributed by atoms with E-state index in [-0.39, 0.29) is 10.4 Å². The van der Waals surface area contributed by atoms with Gasteiger partial charge in [0.15, 0.2) is 0 Å². The number of carbonyl (C=O) groups is 2. The van der Waals surface area contributed by atoms with Gasteiger partial charge in [-0.1, -0.05) is 0 Å². The number of aliphatic carboxylic acids is 1. The Hall–Kier alpha value is -2.79. The van der Waals surface area contributed by atoms with E-state index in [0.29, 0.717) is 5.56 Å². The topological polar surface area (TPSA) is 62.1 Å². The van der Waals surface area contributed by atoms with Crippen LogP contribution in [0.4, 0.5) is 0 Å². The zero-order valence-corrected chi connectivity index (χ0v) is 19.8. The van der Waals surface area contributed by atoms with Gasteiger partial charge in [0.1, 0.15) is 0 Å². The number of nitrogens with zero attached hydrogens (tertiary/aromatic N) is 1. The van der Waals surface area contributed by atoms with Crippen molar-refractivity contribution in [2.45, 2.75) is 32.0 Å². The second kappa shape index (κ2) is 8.75. The van der Waals surface area contributed by atoms with E-state index >= 15 is 0 Å². The fourth-order valence-electron chi connectivity index (χ4n) is 3.96. The normalized spacial score (nSPS) is 12.4. The predicted molar refractivity (Wildman–Crippen MR) is 119 cm³/mol. The molecular formula is C26H23AuNO3-. The van der Waals surface area contributed by atoms with E-state index in [1.807, 2.05) is 56.3 Å². The molecule has 0 atom stereocenters. The number of aromatic nitrogens is 1. The number of hydrogen-bond donors (Lipinski definition) is 0. The summed E-state index contributed by atoms with van der Waals surface area (Å²) in [5.41, 5.74) is 5.63. The van der Waals surface area contributed by atoms with Gasteiger partial charge in [0, 0.05) is 0 Å². The van der Waals surface area contributed by atoms with Crippen LogP contribution in [0, 0.1) is 6.92 Å². The number of fused-ring (bicyclic) bond motifs is 3. The van der Waals surface area contributed by atoms with E-state index < -0.39 is 25.3 Å². The van der Waals surface area contributed by atoms with Gasteiger partial charge in [-0.25, -0.2) is 0 Å². The maximum absolute atomic E-state index is 13.2. The minimum absolute atomic E-state index is 0.0236. The van der Waals surface area contributed by atoms with Crippen molar-refractivity contribution in [2.75, 3.05) is 0 Å². The Balaban J connectivity index is 1.89. The van der Waals surface area contributed by atoms with Crippen LogP contribution in [0.1, 0.15) is 40.9 Å². The van der Waals surface area contributed by atoms with E-state index in [4.69, 9.17) is 0 Å². The first kappa shape index (κ1) is 21.4. The summed E-state index contributed by atoms with van der Waals surface area (Å²) < 4.78 is 3.46. The average molecular weight is 594 g/mol. The van der Waals surface area contributed by atoms with Crippen molar-refractivity contribution < 1.29 is 34.0 Å². The first-order valence-electron chi connectivity index (χ1n) is 10.1. The molecule has 162 valence electrons. The number of carbonyl (C=O) groups excluding carboxylic acids is 2. The van der Waals surface area contributed by atoms with Crippen LogP contribution in [0.25, 0.3) is 21.8 Å². The SMILES string of the molecule is CCn1c2ccc(C(=O)c3ccccc3C)cc2c2cc([C](C)=[Au][CH2]C(=O)[O-])ccc21. The fraction of sp³-hybridized carbons (Fsp3) is 0.192. The Bertz CT molecular complexity index is 1360. The summed E-state index contributed by atoms with van der Waals surface area (Å²) in [6.45, 7) is 6.89. The molecule has 0 aliphatic heterocycles. The van der Waals surface area contributed by atoms with Gasteiger partial charge >= 0.3 is 191 Å². The number of benzene rings is 3. The van der Waals surface area contributed by atoms with Crippen LogP contribution < -0.4 is 5.11 Å². The van der Waals surface area contributed by atoms with Gasteiger partial charge in [-0.3, -0.25) is 0 Å². The third-order valence-corrected chi connectivity index (χ3v) is 8.29. The molecule has 0 saturated heterocycles. The Labute approximate surface area is 190 Å². The van der Waals surface area contributed by atoms with Gasteiger partial charge in [0.2, 0.25) is 0 Å². The number of carboxylic acids is 1. The average Bonchev–Trinajstić information content (AvgIpc) is 3.09. The van der Waals surface area contributed by atoms with E-state index in [9.17, 15) is 14.7 Å². The molecular weight excluding hydrogens is 571 g/mol. The van der Waals surface area contributed by atoms with Crippen LogP contribution in [-0.2, 0) is 30.6 Å². The van der Waals surface area contributed by atoms with Gasteiger partial charge in [-0.05, 0) is 0 Å². The molecule has 1 heterocycles. The molecule has 0 radical (unpaired) electrons. The van der Waals surface area contributed by atoms with Gasteiger partial charge < -0.3 is 0 Å². The zero-order chi connectivity index (χ0) is 22.1. The third kappa shape index (κ3) is 4.07. The molecule has 4 nitrogen and oxygen atoms in total. The molecule has 0 aliphatic carbocycles. The third-order valence-electron chi connectivity index (χ3n) is 5.51. The van der Waals surface area contributed by atoms with Crippen LogP contribution >= 0.6 is 0 Å². The summed E-state index contributed by atoms with van der Waals surface area (Å²) in [6, 6.07) is 19.9. The molecule has 1 aromatic heterocycles. The Morgan fingerprint density at radius 3 is 2.16 bits per heavy atom. The molecule has 0 fully saturated rings. The molecule has 4 aromatic rings. The summed E-state index contributed by atoms with van der Waals surface area (Å²) in [5, 5.41) is 13.0. The summed E-state index contributed by atoms with van der Waals surface area (Å²) >= 11 is -0.488. The van der Waals surface area contributed by atoms with Gasteiger partial charge in [0.05, 0.1) is 0 Å². The Morgan fingerprint density at radius 1 is 0.935 bits per heavy atom. The van der Waals surface area contributed by atoms with Gasteiger partial charge in [-0.15, -0.1) is 0 Å². The van der Waals surface area contributed by atoms with Crippen molar-refractivity contribution in [2.24, 2.45) is 0 Å². The quantitative estimate of drug-likeness (QED) is 0.249. The number of carboxylic acid groups (broad SMARTS) is 1. The molecule has 0 N–H and O–H groups in total. The molecule has 4 rings (SSSR count). The van der Waals surface area contributed by atoms with Gasteiger partial charge in [-0.2, -0.15) is 0 Å². The molecule has 5 heteroatoms. The van der Waals surface area contributed by atoms with E-state index in [1.165, 1.54) is 0 Å². The maximum atomic E-state index is 13.2. The minimum atomic E-state index is -0.996. The molecule has 0 amide bonds. The second-order valence-electron chi connectivity index (χ2n) is 7.41. The Kier molecular flexibility index (Phi) is 6.06. The molecule has 0 spiro atoms. The van der Waals surface area contributed by atoms with Crippen LogP contribution in [0.2, 0.25) is 4.64 Å². The summed E-state index contributed by atoms with van der Waals surface area (Å²) in [5.74, 6) is -0.973. The van der Waals surface area contributed by atoms with E-state index in [0.717, 1.165) is 48.8 Å². The van der Waals surface area contributed by atoms with Crippen molar-refractivity contribution in [1.82, 2.24) is 4.57 Å². The van der Waals surface area contributed by atoms with Crippen molar-refractivity contribution >= 4 is 37.3 Å². The number of hydrogen-bond acceptors (Lipinski definition) is 3. The van der Waals surface area contributed by atoms with Gasteiger partial charge in [0.25, 0.3) is 0 Å². The van der Waals surface area contributed by atoms with E-state index in [1.54, 1.807) is 0 Å². The molecule has 3 aromatic carbocycles. The van der Waals surface area contributed by atoms with Crippen LogP contribution in [0.5, 0.6) is 0 Å². The molecule has 0 bridgehead atoms. The van der Waals surface area contributed by atoms with Crippen LogP contribution in [-0.4, -0.2) is 20.0 Å². The number of ketones is 1. The number of rotatable bonds is 6. The first-order valence-corrected chi connectivity index (χ1v) is 12.7. The second-order valence-corrected chi connectivity index (χ2v) is 10.6. The van der Waals surface area contributed by atoms with Crippen LogP contribution in [0.3, 0.4) is 0 Å². The van der Waals surface area contributed by atoms with Crippen molar-refractivity contribution in [3.05, 3.63) is 82.9 Å². The molecule has 0 saturated carbocycles. The van der Waals surface area contributed by atoms with Crippen molar-refractivity contribution in [3.8, 4) is 0 Å². The fourth-order valence-corrected chi connectivity index (χ4v) is 5.62. The molecule has 0 aliphatic rings. The summed E-state index contributed by atoms with van der Waals surface area (Å²) in [6.07, 6.45) is 0. The van der Waals surface area contributed by atoms with Crippen molar-refractivity contribution in [1.29, 1.82) is 0 Å². The van der Waals surface area contributed by atoms with E-state index in [2.05, 4.69) is 29.7 Å². The monoisotopic (exact) mass is 594 g/mol. The van der Waals surface area contributed by atoms with Crippen LogP contribution in [0.15, 0.2) is 60.7 Å². The predicted octanol–water partition coefficient (Wildman–Crippen LogP) is 4.14. The standard InChI is InChI=1S/C24H21NO.C2H3O2.Au/c1-4-17-10-12-22-20(14-17)21-15-18(11-13-23(21)25(22)5-2)24(26)19-9-7-6-8-16(19)3;1-2(3)4;/h6-15H,5H2,1-3H3;1H2,(H,3,4);/p-1. The molecule has 31 heavy (non-hydrogen) atoms. The molecule has 0 unspecified atom stereocenters. The first-order chi connectivity index (χ1) is 14.9. The number of aryl methyl sites for hydroxylation is 2. The Morgan fingerprint density at radius 2 is 1.55 bits per heavy atom.